The number of carbonyl (C=O) groups excluding carboxylic acids is 1. The first kappa shape index (κ1) is 12.4. The third-order valence-corrected chi connectivity index (χ3v) is 2.14. The minimum absolute atomic E-state index is 0.127. The molecule has 0 spiro atoms. The summed E-state index contributed by atoms with van der Waals surface area (Å²) in [6, 6.07) is 1.96. The Morgan fingerprint density at radius 1 is 1.38 bits per heavy atom. The quantitative estimate of drug-likeness (QED) is 0.598. The average Bonchev–Trinajstić information content (AvgIpc) is 2.18. The van der Waals surface area contributed by atoms with Crippen LogP contribution in [0.25, 0.3) is 0 Å². The lowest BCUT2D eigenvalue weighted by Crippen LogP contribution is -2.13. The van der Waals surface area contributed by atoms with Crippen molar-refractivity contribution in [2.45, 2.75) is 13.1 Å². The smallest absolute Gasteiger partial charge is 0.416 e. The number of halogens is 3. The Hall–Kier alpha value is -1.72. The van der Waals surface area contributed by atoms with Gasteiger partial charge in [-0.05, 0) is 24.6 Å². The Kier molecular flexibility index (Phi) is 3.11. The van der Waals surface area contributed by atoms with Gasteiger partial charge in [-0.25, -0.2) is 4.79 Å². The maximum absolute atomic E-state index is 12.6. The minimum Gasteiger partial charge on any atom is -0.465 e. The Balaban J connectivity index is 3.44. The molecule has 0 aromatic heterocycles. The van der Waals surface area contributed by atoms with Crippen LogP contribution in [0.4, 0.5) is 18.9 Å². The molecule has 0 heterocycles. The molecule has 0 amide bonds. The van der Waals surface area contributed by atoms with Crippen molar-refractivity contribution in [3.05, 3.63) is 28.8 Å². The fourth-order valence-corrected chi connectivity index (χ4v) is 1.35. The largest absolute Gasteiger partial charge is 0.465 e. The van der Waals surface area contributed by atoms with Gasteiger partial charge in [0.1, 0.15) is 0 Å². The molecule has 0 aliphatic carbocycles. The first-order valence-electron chi connectivity index (χ1n) is 4.33. The van der Waals surface area contributed by atoms with Crippen LogP contribution in [0, 0.1) is 6.92 Å². The molecule has 1 rings (SSSR count). The normalized spacial score (nSPS) is 11.3. The van der Waals surface area contributed by atoms with Gasteiger partial charge in [0.05, 0.1) is 18.2 Å². The SMILES string of the molecule is COC(=O)c1cc(N)cc(C(F)(F)F)c1C. The summed E-state index contributed by atoms with van der Waals surface area (Å²) in [5.74, 6) is -0.838. The van der Waals surface area contributed by atoms with E-state index in [2.05, 4.69) is 4.74 Å². The average molecular weight is 233 g/mol. The third-order valence-electron chi connectivity index (χ3n) is 2.14. The zero-order chi connectivity index (χ0) is 12.5. The summed E-state index contributed by atoms with van der Waals surface area (Å²) < 4.78 is 42.1. The van der Waals surface area contributed by atoms with E-state index in [-0.39, 0.29) is 16.8 Å². The lowest BCUT2D eigenvalue weighted by molar-refractivity contribution is -0.138. The first-order valence-corrected chi connectivity index (χ1v) is 4.33. The van der Waals surface area contributed by atoms with E-state index < -0.39 is 17.7 Å². The van der Waals surface area contributed by atoms with Gasteiger partial charge < -0.3 is 10.5 Å². The van der Waals surface area contributed by atoms with Crippen molar-refractivity contribution in [1.82, 2.24) is 0 Å². The van der Waals surface area contributed by atoms with Gasteiger partial charge in [0.2, 0.25) is 0 Å². The van der Waals surface area contributed by atoms with Crippen molar-refractivity contribution in [2.24, 2.45) is 0 Å². The van der Waals surface area contributed by atoms with E-state index in [0.29, 0.717) is 0 Å². The number of nitrogen functional groups attached to an aromatic ring is 1. The predicted molar refractivity (Wildman–Crippen MR) is 51.9 cm³/mol. The second-order valence-electron chi connectivity index (χ2n) is 3.23. The van der Waals surface area contributed by atoms with E-state index in [1.807, 2.05) is 0 Å². The van der Waals surface area contributed by atoms with E-state index >= 15 is 0 Å². The standard InChI is InChI=1S/C10H10F3NO2/c1-5-7(9(15)16-2)3-6(14)4-8(5)10(11,12)13/h3-4H,14H2,1-2H3. The molecule has 1 aromatic carbocycles. The highest BCUT2D eigenvalue weighted by atomic mass is 19.4. The summed E-state index contributed by atoms with van der Waals surface area (Å²) in [6.45, 7) is 1.20. The summed E-state index contributed by atoms with van der Waals surface area (Å²) in [7, 11) is 1.10. The molecular formula is C10H10F3NO2. The van der Waals surface area contributed by atoms with Crippen LogP contribution in [0.1, 0.15) is 21.5 Å². The number of methoxy groups -OCH3 is 1. The monoisotopic (exact) mass is 233 g/mol. The van der Waals surface area contributed by atoms with Crippen LogP contribution in [0.15, 0.2) is 12.1 Å². The van der Waals surface area contributed by atoms with Crippen molar-refractivity contribution in [1.29, 1.82) is 0 Å². The summed E-state index contributed by atoms with van der Waals surface area (Å²) in [5.41, 5.74) is 3.90. The van der Waals surface area contributed by atoms with E-state index in [0.717, 1.165) is 19.2 Å². The molecule has 0 aliphatic rings. The Morgan fingerprint density at radius 3 is 2.38 bits per heavy atom. The molecule has 3 nitrogen and oxygen atoms in total. The molecule has 0 aliphatic heterocycles. The summed E-state index contributed by atoms with van der Waals surface area (Å²) in [5, 5.41) is 0. The van der Waals surface area contributed by atoms with Gasteiger partial charge >= 0.3 is 12.1 Å². The van der Waals surface area contributed by atoms with Gasteiger partial charge in [0.15, 0.2) is 0 Å². The van der Waals surface area contributed by atoms with E-state index in [1.165, 1.54) is 6.92 Å². The zero-order valence-electron chi connectivity index (χ0n) is 8.68. The number of hydrogen-bond donors (Lipinski definition) is 1. The number of alkyl halides is 3. The number of hydrogen-bond acceptors (Lipinski definition) is 3. The van der Waals surface area contributed by atoms with Crippen LogP contribution in [-0.4, -0.2) is 13.1 Å². The Morgan fingerprint density at radius 2 is 1.94 bits per heavy atom. The molecule has 0 radical (unpaired) electrons. The van der Waals surface area contributed by atoms with Crippen molar-refractivity contribution in [2.75, 3.05) is 12.8 Å². The first-order chi connectivity index (χ1) is 7.27. The van der Waals surface area contributed by atoms with Crippen LogP contribution in [-0.2, 0) is 10.9 Å². The third kappa shape index (κ3) is 2.26. The van der Waals surface area contributed by atoms with Crippen molar-refractivity contribution in [3.8, 4) is 0 Å². The van der Waals surface area contributed by atoms with Gasteiger partial charge in [-0.1, -0.05) is 0 Å². The molecule has 6 heteroatoms. The molecule has 0 saturated heterocycles. The summed E-state index contributed by atoms with van der Waals surface area (Å²) >= 11 is 0. The molecule has 0 saturated carbocycles. The molecule has 0 atom stereocenters. The van der Waals surface area contributed by atoms with Crippen LogP contribution >= 0.6 is 0 Å². The number of anilines is 1. The van der Waals surface area contributed by atoms with Gasteiger partial charge in [-0.15, -0.1) is 0 Å². The second-order valence-corrected chi connectivity index (χ2v) is 3.23. The van der Waals surface area contributed by atoms with Crippen LogP contribution in [0.2, 0.25) is 0 Å². The highest BCUT2D eigenvalue weighted by molar-refractivity contribution is 5.92. The summed E-state index contributed by atoms with van der Waals surface area (Å²) in [6.07, 6.45) is -4.54. The Labute approximate surface area is 90.0 Å². The molecule has 1 aromatic rings. The predicted octanol–water partition coefficient (Wildman–Crippen LogP) is 2.38. The maximum Gasteiger partial charge on any atom is 0.416 e. The van der Waals surface area contributed by atoms with E-state index in [1.54, 1.807) is 0 Å². The maximum atomic E-state index is 12.6. The number of nitrogens with two attached hydrogens (primary N) is 1. The van der Waals surface area contributed by atoms with Crippen molar-refractivity contribution in [3.63, 3.8) is 0 Å². The number of ether oxygens (including phenoxy) is 1. The number of carbonyl (C=O) groups is 1. The molecule has 88 valence electrons. The van der Waals surface area contributed by atoms with E-state index in [9.17, 15) is 18.0 Å². The van der Waals surface area contributed by atoms with Gasteiger partial charge in [0, 0.05) is 5.69 Å². The van der Waals surface area contributed by atoms with Crippen LogP contribution < -0.4 is 5.73 Å². The fourth-order valence-electron chi connectivity index (χ4n) is 1.35. The number of esters is 1. The lowest BCUT2D eigenvalue weighted by atomic mass is 10.0. The second kappa shape index (κ2) is 4.03. The molecular weight excluding hydrogens is 223 g/mol. The topological polar surface area (TPSA) is 52.3 Å². The van der Waals surface area contributed by atoms with Crippen LogP contribution in [0.5, 0.6) is 0 Å². The number of rotatable bonds is 1. The van der Waals surface area contributed by atoms with E-state index in [4.69, 9.17) is 5.73 Å². The summed E-state index contributed by atoms with van der Waals surface area (Å²) in [4.78, 5) is 11.2. The highest BCUT2D eigenvalue weighted by Gasteiger charge is 2.34. The lowest BCUT2D eigenvalue weighted by Gasteiger charge is -2.13. The van der Waals surface area contributed by atoms with Crippen LogP contribution in [0.3, 0.4) is 0 Å². The molecule has 16 heavy (non-hydrogen) atoms. The van der Waals surface area contributed by atoms with Gasteiger partial charge in [0.25, 0.3) is 0 Å². The zero-order valence-corrected chi connectivity index (χ0v) is 8.68. The number of benzene rings is 1. The van der Waals surface area contributed by atoms with Crippen molar-refractivity contribution >= 4 is 11.7 Å². The minimum atomic E-state index is -4.54. The molecule has 0 bridgehead atoms. The van der Waals surface area contributed by atoms with Gasteiger partial charge in [-0.3, -0.25) is 0 Å². The highest BCUT2D eigenvalue weighted by Crippen LogP contribution is 2.34. The molecule has 0 unspecified atom stereocenters. The molecule has 2 N–H and O–H groups in total. The van der Waals surface area contributed by atoms with Gasteiger partial charge in [-0.2, -0.15) is 13.2 Å². The van der Waals surface area contributed by atoms with Crippen molar-refractivity contribution < 1.29 is 22.7 Å². The molecule has 0 fully saturated rings. The Bertz CT molecular complexity index is 427. The fraction of sp³-hybridized carbons (Fsp3) is 0.300.